The molecular formula is C29H24N2O. The largest absolute Gasteiger partial charge is 0.354 e. The van der Waals surface area contributed by atoms with Crippen LogP contribution in [-0.4, -0.2) is 5.91 Å². The molecule has 0 saturated heterocycles. The molecule has 1 aliphatic rings. The van der Waals surface area contributed by atoms with Crippen LogP contribution in [0.1, 0.15) is 33.1 Å². The number of aryl methyl sites for hydroxylation is 1. The highest BCUT2D eigenvalue weighted by Crippen LogP contribution is 2.40. The minimum Gasteiger partial charge on any atom is -0.354 e. The Morgan fingerprint density at radius 3 is 2.09 bits per heavy atom. The summed E-state index contributed by atoms with van der Waals surface area (Å²) < 4.78 is 0. The van der Waals surface area contributed by atoms with Gasteiger partial charge in [-0.25, -0.2) is 0 Å². The SMILES string of the molecule is Cc1ccc([C@H]2C=C(c3ccccc3)Nc3ccccc3N2C(=O)c2ccccc2)cc1. The van der Waals surface area contributed by atoms with Crippen LogP contribution in [0.25, 0.3) is 5.70 Å². The molecule has 32 heavy (non-hydrogen) atoms. The number of para-hydroxylation sites is 2. The number of anilines is 2. The lowest BCUT2D eigenvalue weighted by Crippen LogP contribution is -2.34. The third-order valence-corrected chi connectivity index (χ3v) is 5.78. The second-order valence-corrected chi connectivity index (χ2v) is 7.99. The number of hydrogen-bond donors (Lipinski definition) is 1. The Morgan fingerprint density at radius 2 is 1.38 bits per heavy atom. The average molecular weight is 417 g/mol. The number of benzene rings is 4. The summed E-state index contributed by atoms with van der Waals surface area (Å²) >= 11 is 0. The van der Waals surface area contributed by atoms with Crippen molar-refractivity contribution in [3.63, 3.8) is 0 Å². The van der Waals surface area contributed by atoms with Crippen LogP contribution in [0.2, 0.25) is 0 Å². The van der Waals surface area contributed by atoms with Crippen LogP contribution < -0.4 is 10.2 Å². The monoisotopic (exact) mass is 416 g/mol. The van der Waals surface area contributed by atoms with Crippen molar-refractivity contribution < 1.29 is 4.79 Å². The van der Waals surface area contributed by atoms with E-state index in [0.717, 1.165) is 28.2 Å². The van der Waals surface area contributed by atoms with Gasteiger partial charge in [-0.1, -0.05) is 90.5 Å². The fraction of sp³-hybridized carbons (Fsp3) is 0.0690. The molecular weight excluding hydrogens is 392 g/mol. The van der Waals surface area contributed by atoms with Crippen molar-refractivity contribution in [1.82, 2.24) is 0 Å². The topological polar surface area (TPSA) is 32.3 Å². The van der Waals surface area contributed by atoms with Gasteiger partial charge in [-0.3, -0.25) is 9.69 Å². The molecule has 0 unspecified atom stereocenters. The van der Waals surface area contributed by atoms with Gasteiger partial charge in [0.15, 0.2) is 0 Å². The van der Waals surface area contributed by atoms with E-state index in [1.807, 2.05) is 77.7 Å². The number of carbonyl (C=O) groups is 1. The molecule has 156 valence electrons. The van der Waals surface area contributed by atoms with Crippen molar-refractivity contribution in [3.8, 4) is 0 Å². The normalized spacial score (nSPS) is 15.2. The molecule has 0 spiro atoms. The number of fused-ring (bicyclic) bond motifs is 1. The highest BCUT2D eigenvalue weighted by molar-refractivity contribution is 6.09. The lowest BCUT2D eigenvalue weighted by Gasteiger charge is -2.30. The Balaban J connectivity index is 1.73. The molecule has 0 aliphatic carbocycles. The Hall–Kier alpha value is -4.11. The molecule has 0 saturated carbocycles. The first-order valence-electron chi connectivity index (χ1n) is 10.8. The summed E-state index contributed by atoms with van der Waals surface area (Å²) in [6, 6.07) is 35.9. The first-order valence-corrected chi connectivity index (χ1v) is 10.8. The van der Waals surface area contributed by atoms with Gasteiger partial charge in [-0.2, -0.15) is 0 Å². The van der Waals surface area contributed by atoms with E-state index in [4.69, 9.17) is 0 Å². The minimum atomic E-state index is -0.269. The third-order valence-electron chi connectivity index (χ3n) is 5.78. The van der Waals surface area contributed by atoms with Gasteiger partial charge >= 0.3 is 0 Å². The summed E-state index contributed by atoms with van der Waals surface area (Å²) in [6.07, 6.45) is 2.15. The standard InChI is InChI=1S/C29H24N2O/c1-21-16-18-23(19-17-21)28-20-26(22-10-4-2-5-11-22)30-25-14-8-9-15-27(25)31(28)29(32)24-12-6-3-7-13-24/h2-20,28,30H,1H3/t28-/m1/s1. The van der Waals surface area contributed by atoms with Gasteiger partial charge in [0, 0.05) is 11.3 Å². The summed E-state index contributed by atoms with van der Waals surface area (Å²) in [7, 11) is 0. The molecule has 0 bridgehead atoms. The fourth-order valence-corrected chi connectivity index (χ4v) is 4.11. The first-order chi connectivity index (χ1) is 15.7. The minimum absolute atomic E-state index is 0.0315. The van der Waals surface area contributed by atoms with E-state index < -0.39 is 0 Å². The van der Waals surface area contributed by atoms with Crippen molar-refractivity contribution in [3.05, 3.63) is 138 Å². The lowest BCUT2D eigenvalue weighted by molar-refractivity contribution is 0.0981. The number of rotatable bonds is 3. The molecule has 4 aromatic rings. The smallest absolute Gasteiger partial charge is 0.259 e. The van der Waals surface area contributed by atoms with Crippen molar-refractivity contribution in [2.24, 2.45) is 0 Å². The molecule has 4 aromatic carbocycles. The van der Waals surface area contributed by atoms with Gasteiger partial charge in [0.2, 0.25) is 0 Å². The predicted octanol–water partition coefficient (Wildman–Crippen LogP) is 6.85. The van der Waals surface area contributed by atoms with Crippen molar-refractivity contribution in [1.29, 1.82) is 0 Å². The van der Waals surface area contributed by atoms with Gasteiger partial charge in [-0.05, 0) is 48.4 Å². The van der Waals surface area contributed by atoms with E-state index in [1.165, 1.54) is 5.56 Å². The maximum Gasteiger partial charge on any atom is 0.259 e. The molecule has 1 heterocycles. The second kappa shape index (κ2) is 8.56. The Kier molecular flexibility index (Phi) is 5.30. The Bertz CT molecular complexity index is 1260. The maximum absolute atomic E-state index is 13.9. The molecule has 1 aliphatic heterocycles. The number of hydrogen-bond acceptors (Lipinski definition) is 2. The van der Waals surface area contributed by atoms with E-state index in [0.29, 0.717) is 5.56 Å². The van der Waals surface area contributed by atoms with Crippen LogP contribution in [0, 0.1) is 6.92 Å². The highest BCUT2D eigenvalue weighted by atomic mass is 16.2. The molecule has 1 N–H and O–H groups in total. The van der Waals surface area contributed by atoms with E-state index in [2.05, 4.69) is 54.7 Å². The van der Waals surface area contributed by atoms with Gasteiger partial charge in [0.25, 0.3) is 5.91 Å². The van der Waals surface area contributed by atoms with E-state index >= 15 is 0 Å². The highest BCUT2D eigenvalue weighted by Gasteiger charge is 2.31. The van der Waals surface area contributed by atoms with Crippen molar-refractivity contribution in [2.45, 2.75) is 13.0 Å². The number of carbonyl (C=O) groups excluding carboxylic acids is 1. The van der Waals surface area contributed by atoms with Crippen LogP contribution in [-0.2, 0) is 0 Å². The summed E-state index contributed by atoms with van der Waals surface area (Å²) in [6.45, 7) is 2.08. The van der Waals surface area contributed by atoms with Crippen molar-refractivity contribution >= 4 is 23.0 Å². The van der Waals surface area contributed by atoms with Gasteiger partial charge < -0.3 is 5.32 Å². The molecule has 3 heteroatoms. The quantitative estimate of drug-likeness (QED) is 0.396. The predicted molar refractivity (Wildman–Crippen MR) is 132 cm³/mol. The van der Waals surface area contributed by atoms with Gasteiger partial charge in [0.05, 0.1) is 17.4 Å². The molecule has 3 nitrogen and oxygen atoms in total. The molecule has 5 rings (SSSR count). The summed E-state index contributed by atoms with van der Waals surface area (Å²) in [5, 5.41) is 3.59. The van der Waals surface area contributed by atoms with E-state index in [9.17, 15) is 4.79 Å². The lowest BCUT2D eigenvalue weighted by atomic mass is 9.99. The van der Waals surface area contributed by atoms with Crippen LogP contribution in [0.3, 0.4) is 0 Å². The zero-order valence-electron chi connectivity index (χ0n) is 17.9. The molecule has 0 aromatic heterocycles. The number of nitrogens with zero attached hydrogens (tertiary/aromatic N) is 1. The van der Waals surface area contributed by atoms with E-state index in [1.54, 1.807) is 0 Å². The third kappa shape index (κ3) is 3.81. The van der Waals surface area contributed by atoms with Gasteiger partial charge in [-0.15, -0.1) is 0 Å². The van der Waals surface area contributed by atoms with Crippen LogP contribution in [0.5, 0.6) is 0 Å². The van der Waals surface area contributed by atoms with Crippen LogP contribution >= 0.6 is 0 Å². The summed E-state index contributed by atoms with van der Waals surface area (Å²) in [4.78, 5) is 15.8. The summed E-state index contributed by atoms with van der Waals surface area (Å²) in [5.74, 6) is -0.0315. The zero-order valence-corrected chi connectivity index (χ0v) is 17.9. The Labute approximate surface area is 188 Å². The molecule has 1 amide bonds. The zero-order chi connectivity index (χ0) is 21.9. The number of nitrogens with one attached hydrogen (secondary N) is 1. The average Bonchev–Trinajstić information content (AvgIpc) is 3.02. The first kappa shape index (κ1) is 19.8. The van der Waals surface area contributed by atoms with E-state index in [-0.39, 0.29) is 11.9 Å². The molecule has 1 atom stereocenters. The van der Waals surface area contributed by atoms with Crippen LogP contribution in [0.15, 0.2) is 115 Å². The van der Waals surface area contributed by atoms with Crippen LogP contribution in [0.4, 0.5) is 11.4 Å². The van der Waals surface area contributed by atoms with Gasteiger partial charge in [0.1, 0.15) is 0 Å². The van der Waals surface area contributed by atoms with Crippen molar-refractivity contribution in [2.75, 3.05) is 10.2 Å². The Morgan fingerprint density at radius 1 is 0.750 bits per heavy atom. The molecule has 0 radical (unpaired) electrons. The molecule has 0 fully saturated rings. The maximum atomic E-state index is 13.9. The summed E-state index contributed by atoms with van der Waals surface area (Å²) in [5.41, 5.74) is 6.73. The fourth-order valence-electron chi connectivity index (χ4n) is 4.11. The number of amides is 1. The second-order valence-electron chi connectivity index (χ2n) is 7.99.